The van der Waals surface area contributed by atoms with Gasteiger partial charge in [0.1, 0.15) is 10.7 Å². The highest BCUT2D eigenvalue weighted by molar-refractivity contribution is 7.98. The number of thioether (sulfide) groups is 1. The molecule has 0 fully saturated rings. The number of nitrogens with one attached hydrogen (secondary N) is 1. The minimum atomic E-state index is -4.49. The molecule has 0 unspecified atom stereocenters. The zero-order chi connectivity index (χ0) is 20.2. The van der Waals surface area contributed by atoms with Crippen LogP contribution in [0.5, 0.6) is 0 Å². The molecule has 0 saturated carbocycles. The van der Waals surface area contributed by atoms with Gasteiger partial charge in [-0.15, -0.1) is 11.3 Å². The van der Waals surface area contributed by atoms with Crippen LogP contribution in [0.4, 0.5) is 13.2 Å². The first kappa shape index (κ1) is 19.0. The van der Waals surface area contributed by atoms with Gasteiger partial charge in [0.25, 0.3) is 5.56 Å². The molecule has 2 aliphatic rings. The first-order valence-corrected chi connectivity index (χ1v) is 11.3. The molecule has 3 aromatic rings. The molecular formula is C19H17F3N4OS2. The second-order valence-corrected chi connectivity index (χ2v) is 9.35. The van der Waals surface area contributed by atoms with E-state index in [0.29, 0.717) is 41.0 Å². The zero-order valence-electron chi connectivity index (χ0n) is 15.4. The van der Waals surface area contributed by atoms with Crippen molar-refractivity contribution in [3.8, 4) is 0 Å². The molecule has 1 N–H and O–H groups in total. The summed E-state index contributed by atoms with van der Waals surface area (Å²) in [6.07, 6.45) is 1.15. The first-order valence-electron chi connectivity index (χ1n) is 9.53. The van der Waals surface area contributed by atoms with Crippen LogP contribution in [-0.4, -0.2) is 19.9 Å². The van der Waals surface area contributed by atoms with Crippen LogP contribution in [0.1, 0.15) is 52.5 Å². The lowest BCUT2D eigenvalue weighted by atomic mass is 9.97. The predicted octanol–water partition coefficient (Wildman–Crippen LogP) is 4.45. The molecule has 0 bridgehead atoms. The van der Waals surface area contributed by atoms with Crippen LogP contribution >= 0.6 is 23.1 Å². The molecule has 2 aliphatic carbocycles. The van der Waals surface area contributed by atoms with E-state index in [-0.39, 0.29) is 22.0 Å². The molecule has 0 aliphatic heterocycles. The number of alkyl halides is 3. The number of H-pyrrole nitrogens is 1. The van der Waals surface area contributed by atoms with E-state index in [1.165, 1.54) is 4.88 Å². The van der Waals surface area contributed by atoms with Gasteiger partial charge in [0, 0.05) is 16.1 Å². The number of rotatable bonds is 3. The quantitative estimate of drug-likeness (QED) is 0.483. The molecule has 0 amide bonds. The zero-order valence-corrected chi connectivity index (χ0v) is 17.0. The minimum Gasteiger partial charge on any atom is -0.309 e. The second kappa shape index (κ2) is 7.09. The first-order chi connectivity index (χ1) is 13.9. The van der Waals surface area contributed by atoms with Crippen molar-refractivity contribution >= 4 is 33.3 Å². The van der Waals surface area contributed by atoms with Crippen molar-refractivity contribution < 1.29 is 13.2 Å². The van der Waals surface area contributed by atoms with E-state index in [4.69, 9.17) is 0 Å². The number of nitrogens with zero attached hydrogens (tertiary/aromatic N) is 3. The molecular weight excluding hydrogens is 421 g/mol. The van der Waals surface area contributed by atoms with Gasteiger partial charge in [0.2, 0.25) is 0 Å². The molecule has 10 heteroatoms. The lowest BCUT2D eigenvalue weighted by Gasteiger charge is -2.12. The van der Waals surface area contributed by atoms with E-state index in [1.807, 2.05) is 0 Å². The SMILES string of the molecule is O=c1[nH]c(CSc2nc3c(c(C(F)(F)F)n2)CCC3)nc2sc3c(c12)CCCC3. The van der Waals surface area contributed by atoms with Crippen LogP contribution in [0.2, 0.25) is 0 Å². The fourth-order valence-electron chi connectivity index (χ4n) is 4.12. The summed E-state index contributed by atoms with van der Waals surface area (Å²) >= 11 is 2.62. The number of aromatic amines is 1. The highest BCUT2D eigenvalue weighted by Crippen LogP contribution is 2.37. The maximum atomic E-state index is 13.4. The smallest absolute Gasteiger partial charge is 0.309 e. The number of hydrogen-bond donors (Lipinski definition) is 1. The van der Waals surface area contributed by atoms with Crippen LogP contribution in [0.15, 0.2) is 9.95 Å². The van der Waals surface area contributed by atoms with Crippen molar-refractivity contribution in [2.24, 2.45) is 0 Å². The highest BCUT2D eigenvalue weighted by atomic mass is 32.2. The highest BCUT2D eigenvalue weighted by Gasteiger charge is 2.38. The molecule has 3 heterocycles. The van der Waals surface area contributed by atoms with Gasteiger partial charge in [0.15, 0.2) is 10.9 Å². The van der Waals surface area contributed by atoms with Gasteiger partial charge in [-0.1, -0.05) is 11.8 Å². The van der Waals surface area contributed by atoms with Crippen LogP contribution in [0.3, 0.4) is 0 Å². The van der Waals surface area contributed by atoms with E-state index in [1.54, 1.807) is 11.3 Å². The van der Waals surface area contributed by atoms with E-state index >= 15 is 0 Å². The molecule has 5 rings (SSSR count). The van der Waals surface area contributed by atoms with Gasteiger partial charge in [0.05, 0.1) is 11.1 Å². The molecule has 0 spiro atoms. The Morgan fingerprint density at radius 1 is 1.00 bits per heavy atom. The Kier molecular flexibility index (Phi) is 4.65. The van der Waals surface area contributed by atoms with Crippen LogP contribution in [0.25, 0.3) is 10.2 Å². The average Bonchev–Trinajstić information content (AvgIpc) is 3.28. The van der Waals surface area contributed by atoms with Crippen LogP contribution in [0, 0.1) is 0 Å². The molecule has 0 radical (unpaired) electrons. The third-order valence-corrected chi connectivity index (χ3v) is 7.44. The third-order valence-electron chi connectivity index (χ3n) is 5.39. The van der Waals surface area contributed by atoms with Gasteiger partial charge in [-0.3, -0.25) is 4.79 Å². The maximum absolute atomic E-state index is 13.4. The summed E-state index contributed by atoms with van der Waals surface area (Å²) in [4.78, 5) is 30.0. The van der Waals surface area contributed by atoms with Crippen molar-refractivity contribution in [3.05, 3.63) is 43.6 Å². The minimum absolute atomic E-state index is 0.0752. The summed E-state index contributed by atoms with van der Waals surface area (Å²) in [6, 6.07) is 0. The topological polar surface area (TPSA) is 71.5 Å². The Hall–Kier alpha value is -1.94. The summed E-state index contributed by atoms with van der Waals surface area (Å²) in [5, 5.41) is 0.748. The van der Waals surface area contributed by atoms with Crippen molar-refractivity contribution in [2.75, 3.05) is 0 Å². The van der Waals surface area contributed by atoms with E-state index in [2.05, 4.69) is 19.9 Å². The van der Waals surface area contributed by atoms with E-state index in [9.17, 15) is 18.0 Å². The lowest BCUT2D eigenvalue weighted by Crippen LogP contribution is -2.14. The third kappa shape index (κ3) is 3.46. The summed E-state index contributed by atoms with van der Waals surface area (Å²) in [7, 11) is 0. The van der Waals surface area contributed by atoms with Crippen molar-refractivity contribution in [3.63, 3.8) is 0 Å². The standard InChI is InChI=1S/C19H17F3N4OS2/c20-19(21,22)15-9-5-3-6-11(9)23-18(26-15)28-8-13-24-16(27)14-10-4-1-2-7-12(10)29-17(14)25-13/h1-8H2,(H,24,25,27). The fourth-order valence-corrected chi connectivity index (χ4v) is 6.13. The normalized spacial score (nSPS) is 16.2. The maximum Gasteiger partial charge on any atom is 0.433 e. The van der Waals surface area contributed by atoms with Crippen molar-refractivity contribution in [1.82, 2.24) is 19.9 Å². The summed E-state index contributed by atoms with van der Waals surface area (Å²) in [5.74, 6) is 0.646. The van der Waals surface area contributed by atoms with Gasteiger partial charge in [-0.25, -0.2) is 15.0 Å². The molecule has 0 aromatic carbocycles. The number of thiophene rings is 1. The van der Waals surface area contributed by atoms with E-state index < -0.39 is 11.9 Å². The van der Waals surface area contributed by atoms with Crippen LogP contribution in [-0.2, 0) is 37.6 Å². The molecule has 0 saturated heterocycles. The number of fused-ring (bicyclic) bond motifs is 4. The predicted molar refractivity (Wildman–Crippen MR) is 106 cm³/mol. The molecule has 152 valence electrons. The Balaban J connectivity index is 1.45. The van der Waals surface area contributed by atoms with Gasteiger partial charge >= 0.3 is 6.18 Å². The summed E-state index contributed by atoms with van der Waals surface area (Å²) in [6.45, 7) is 0. The molecule has 29 heavy (non-hydrogen) atoms. The van der Waals surface area contributed by atoms with E-state index in [0.717, 1.165) is 43.0 Å². The van der Waals surface area contributed by atoms with Gasteiger partial charge in [-0.2, -0.15) is 13.2 Å². The number of hydrogen-bond acceptors (Lipinski definition) is 6. The number of halogens is 3. The van der Waals surface area contributed by atoms with Gasteiger partial charge < -0.3 is 4.98 Å². The van der Waals surface area contributed by atoms with Crippen LogP contribution < -0.4 is 5.56 Å². The Morgan fingerprint density at radius 2 is 1.79 bits per heavy atom. The fraction of sp³-hybridized carbons (Fsp3) is 0.474. The molecule has 5 nitrogen and oxygen atoms in total. The molecule has 3 aromatic heterocycles. The summed E-state index contributed by atoms with van der Waals surface area (Å²) in [5.41, 5.74) is 0.818. The average molecular weight is 439 g/mol. The lowest BCUT2D eigenvalue weighted by molar-refractivity contribution is -0.142. The molecule has 0 atom stereocenters. The summed E-state index contributed by atoms with van der Waals surface area (Å²) < 4.78 is 40.1. The number of aryl methyl sites for hydroxylation is 3. The largest absolute Gasteiger partial charge is 0.433 e. The Bertz CT molecular complexity index is 1170. The second-order valence-electron chi connectivity index (χ2n) is 7.32. The Morgan fingerprint density at radius 3 is 2.62 bits per heavy atom. The monoisotopic (exact) mass is 438 g/mol. The van der Waals surface area contributed by atoms with Crippen molar-refractivity contribution in [2.45, 2.75) is 62.0 Å². The Labute approximate surface area is 172 Å². The van der Waals surface area contributed by atoms with Crippen molar-refractivity contribution in [1.29, 1.82) is 0 Å². The number of aromatic nitrogens is 4. The van der Waals surface area contributed by atoms with Gasteiger partial charge in [-0.05, 0) is 50.5 Å².